The lowest BCUT2D eigenvalue weighted by molar-refractivity contribution is -0.276. The van der Waals surface area contributed by atoms with Crippen molar-refractivity contribution in [3.05, 3.63) is 238 Å². The zero-order valence-corrected chi connectivity index (χ0v) is 66.7. The number of hydrogen-bond donors (Lipinski definition) is 2. The Morgan fingerprint density at radius 1 is 0.486 bits per heavy atom. The number of halogens is 9. The molecule has 1 saturated carbocycles. The van der Waals surface area contributed by atoms with Crippen molar-refractivity contribution in [1.82, 2.24) is 59.8 Å². The van der Waals surface area contributed by atoms with Crippen molar-refractivity contribution in [3.63, 3.8) is 0 Å². The van der Waals surface area contributed by atoms with Crippen LogP contribution in [0.1, 0.15) is 276 Å². The average molecular weight is 1530 g/mol. The predicted molar refractivity (Wildman–Crippen MR) is 410 cm³/mol. The van der Waals surface area contributed by atoms with Crippen molar-refractivity contribution in [2.24, 2.45) is 0 Å². The van der Waals surface area contributed by atoms with Crippen LogP contribution in [0.4, 0.5) is 39.5 Å². The minimum atomic E-state index is -4.68. The monoisotopic (exact) mass is 1520 g/mol. The number of methoxy groups -OCH3 is 1. The summed E-state index contributed by atoms with van der Waals surface area (Å²) in [5.41, 5.74) is 11.9. The topological polar surface area (TPSA) is 219 Å². The second-order valence-corrected chi connectivity index (χ2v) is 28.2. The summed E-state index contributed by atoms with van der Waals surface area (Å²) in [5.74, 6) is 5.18. The molecule has 9 heterocycles. The highest BCUT2D eigenvalue weighted by Gasteiger charge is 2.35. The lowest BCUT2D eigenvalue weighted by atomic mass is 9.97. The average Bonchev–Trinajstić information content (AvgIpc) is 1.34. The number of aliphatic hydroxyl groups is 1. The van der Waals surface area contributed by atoms with Crippen LogP contribution >= 0.6 is 0 Å². The van der Waals surface area contributed by atoms with Gasteiger partial charge in [0.2, 0.25) is 11.7 Å². The lowest BCUT2D eigenvalue weighted by Gasteiger charge is -2.14. The molecule has 0 amide bonds. The minimum absolute atomic E-state index is 0.0240. The van der Waals surface area contributed by atoms with E-state index >= 15 is 0 Å². The van der Waals surface area contributed by atoms with Crippen LogP contribution in [0.5, 0.6) is 17.6 Å². The number of ether oxygens (including phenoxy) is 3. The maximum absolute atomic E-state index is 12.2. The molecule has 0 aliphatic heterocycles. The maximum atomic E-state index is 12.2. The van der Waals surface area contributed by atoms with Crippen LogP contribution < -0.4 is 14.2 Å². The fourth-order valence-corrected chi connectivity index (χ4v) is 8.72. The molecule has 1 aliphatic rings. The van der Waals surface area contributed by atoms with Crippen LogP contribution in [0.2, 0.25) is 0 Å². The van der Waals surface area contributed by atoms with E-state index in [9.17, 15) is 39.5 Å². The van der Waals surface area contributed by atoms with Gasteiger partial charge in [0, 0.05) is 96.7 Å². The summed E-state index contributed by atoms with van der Waals surface area (Å²) in [6.07, 6.45) is 9.50. The highest BCUT2D eigenvalue weighted by Crippen LogP contribution is 2.37. The number of hydrogen-bond acceptors (Lipinski definition) is 16. The van der Waals surface area contributed by atoms with Gasteiger partial charge in [-0.3, -0.25) is 9.97 Å². The molecular weight excluding hydrogens is 1420 g/mol. The number of aromatic amines is 1. The summed E-state index contributed by atoms with van der Waals surface area (Å²) in [4.78, 5) is 44.8. The summed E-state index contributed by atoms with van der Waals surface area (Å²) in [6.45, 7) is 42.6. The Labute approximate surface area is 637 Å². The molecular formula is C83H109F9N12O5. The third-order valence-electron chi connectivity index (χ3n) is 15.7. The van der Waals surface area contributed by atoms with Crippen LogP contribution in [0.15, 0.2) is 158 Å². The first-order chi connectivity index (χ1) is 51.0. The van der Waals surface area contributed by atoms with Gasteiger partial charge >= 0.3 is 24.7 Å². The van der Waals surface area contributed by atoms with Gasteiger partial charge < -0.3 is 28.7 Å². The summed E-state index contributed by atoms with van der Waals surface area (Å²) in [7, 11) is 1.57. The number of aliphatic hydroxyl groups excluding tert-OH is 1. The molecule has 0 radical (unpaired) electrons. The number of furan rings is 1. The van der Waals surface area contributed by atoms with E-state index < -0.39 is 36.1 Å². The molecule has 10 aromatic rings. The quantitative estimate of drug-likeness (QED) is 0.0912. The minimum Gasteiger partial charge on any atom is -0.490 e. The first-order valence-electron chi connectivity index (χ1n) is 36.1. The third kappa shape index (κ3) is 36.8. The van der Waals surface area contributed by atoms with Gasteiger partial charge in [-0.05, 0) is 186 Å². The molecule has 0 atom stereocenters. The molecule has 109 heavy (non-hydrogen) atoms. The van der Waals surface area contributed by atoms with Crippen LogP contribution in [0, 0.1) is 20.8 Å². The Balaban J connectivity index is 0.000000321. The SMILES string of the molecule is CC(C)c1ccc(OC2CC2)c(-c2cccnc2)c1.CC(C)c1ccnc(C(F)(F)F)c1.CC(C)c1ccnc(C(F)(F)F)n1.CC(C)c1ccnc(OC(F)(F)F)c1.CC(C)c1cnc(CO)nc1.COc1nccc(C(C)C)n1.Cc1cc(C(C)C)c[nH]1.Cc1cc(C(C)C)co1.Cc1ncc(C(C)C)cn1. The predicted octanol–water partition coefficient (Wildman–Crippen LogP) is 23.1. The number of rotatable bonds is 15. The first-order valence-corrected chi connectivity index (χ1v) is 36.1. The van der Waals surface area contributed by atoms with Gasteiger partial charge in [-0.2, -0.15) is 26.3 Å². The molecule has 0 bridgehead atoms. The molecule has 0 saturated heterocycles. The van der Waals surface area contributed by atoms with Gasteiger partial charge in [-0.1, -0.05) is 137 Å². The van der Waals surface area contributed by atoms with Crippen LogP contribution in [-0.4, -0.2) is 84.5 Å². The summed E-state index contributed by atoms with van der Waals surface area (Å²) >= 11 is 0. The molecule has 1 aliphatic carbocycles. The van der Waals surface area contributed by atoms with E-state index in [-0.39, 0.29) is 24.4 Å². The summed E-state index contributed by atoms with van der Waals surface area (Å²) < 4.78 is 128. The second kappa shape index (κ2) is 45.9. The molecule has 17 nitrogen and oxygen atoms in total. The molecule has 2 N–H and O–H groups in total. The Morgan fingerprint density at radius 3 is 1.41 bits per heavy atom. The lowest BCUT2D eigenvalue weighted by Crippen LogP contribution is -2.18. The van der Waals surface area contributed by atoms with E-state index in [1.807, 2.05) is 78.5 Å². The van der Waals surface area contributed by atoms with Gasteiger partial charge in [0.15, 0.2) is 5.82 Å². The van der Waals surface area contributed by atoms with E-state index in [1.54, 1.807) is 57.9 Å². The molecule has 0 unspecified atom stereocenters. The van der Waals surface area contributed by atoms with Crippen molar-refractivity contribution in [2.75, 3.05) is 7.11 Å². The van der Waals surface area contributed by atoms with Gasteiger partial charge in [0.05, 0.1) is 25.2 Å². The normalized spacial score (nSPS) is 11.8. The Morgan fingerprint density at radius 2 is 0.991 bits per heavy atom. The second-order valence-electron chi connectivity index (χ2n) is 28.2. The Hall–Kier alpha value is -9.72. The van der Waals surface area contributed by atoms with Crippen LogP contribution in [0.3, 0.4) is 0 Å². The maximum Gasteiger partial charge on any atom is 0.574 e. The summed E-state index contributed by atoms with van der Waals surface area (Å²) in [6, 6.07) is 24.3. The van der Waals surface area contributed by atoms with E-state index in [0.717, 1.165) is 57.5 Å². The smallest absolute Gasteiger partial charge is 0.490 e. The molecule has 1 fully saturated rings. The number of pyridine rings is 3. The van der Waals surface area contributed by atoms with Gasteiger partial charge in [-0.15, -0.1) is 13.2 Å². The molecule has 1 aromatic carbocycles. The van der Waals surface area contributed by atoms with Crippen LogP contribution in [0.25, 0.3) is 11.1 Å². The van der Waals surface area contributed by atoms with Crippen molar-refractivity contribution < 1.29 is 63.2 Å². The molecule has 11 rings (SSSR count). The highest BCUT2D eigenvalue weighted by atomic mass is 19.4. The van der Waals surface area contributed by atoms with Gasteiger partial charge in [0.1, 0.15) is 29.6 Å². The van der Waals surface area contributed by atoms with Crippen molar-refractivity contribution >= 4 is 0 Å². The molecule has 594 valence electrons. The zero-order chi connectivity index (χ0) is 81.9. The standard InChI is InChI=1S/C17H19NO.C9H10F3NO.C9H10F3N.C8H9F3N2.2C8H12N2O.C8H12N2.C8H13N.C8H12O/c1-12(2)13-5-8-17(19-15-6-7-15)16(10-13)14-4-3-9-18-11-14;1-6(2)7-3-4-13-8(5-7)14-9(10,11)12;1-6(2)7-3-4-13-8(5-7)9(10,11)12;1-5(2)6-3-4-12-7(13-6)8(9,10)11;1-6(2)7-3-9-8(5-11)10-4-7;1-6(2)7-4-5-9-8(10-7)11-3;1-6(2)8-4-9-7(3)10-5-8;2*1-6(2)8-4-7(3)9-5-8/h3-5,8-12,15H,6-7H2,1-2H3;3-6H,1-2H3;3-6H,1-2H3;3-5H,1-2H3;3-4,6,11H,5H2,1-2H3;4-6H,1-3H3;4-6H,1-3H3;4-6,9H,1-3H3;4-6H,1-3H3. The number of nitrogens with one attached hydrogen (secondary N) is 1. The van der Waals surface area contributed by atoms with Crippen molar-refractivity contribution in [1.29, 1.82) is 0 Å². The third-order valence-corrected chi connectivity index (χ3v) is 15.7. The highest BCUT2D eigenvalue weighted by molar-refractivity contribution is 5.70. The number of benzene rings is 1. The van der Waals surface area contributed by atoms with E-state index in [2.05, 4.69) is 197 Å². The van der Waals surface area contributed by atoms with Crippen molar-refractivity contribution in [3.8, 4) is 28.8 Å². The number of nitrogens with zero attached hydrogens (tertiary/aromatic N) is 11. The molecule has 26 heteroatoms. The number of aromatic nitrogens is 12. The molecule has 9 aromatic heterocycles. The fourth-order valence-electron chi connectivity index (χ4n) is 8.72. The number of alkyl halides is 9. The van der Waals surface area contributed by atoms with Gasteiger partial charge in [-0.25, -0.2) is 44.9 Å². The zero-order valence-electron chi connectivity index (χ0n) is 66.7. The number of H-pyrrole nitrogens is 1. The number of aryl methyl sites for hydroxylation is 3. The van der Waals surface area contributed by atoms with Crippen molar-refractivity contribution in [2.45, 2.75) is 243 Å². The van der Waals surface area contributed by atoms with E-state index in [1.165, 1.54) is 65.3 Å². The summed E-state index contributed by atoms with van der Waals surface area (Å²) in [5, 5.41) is 8.64. The first kappa shape index (κ1) is 93.5. The van der Waals surface area contributed by atoms with E-state index in [0.29, 0.717) is 64.7 Å². The Bertz CT molecular complexity index is 4050. The van der Waals surface area contributed by atoms with Gasteiger partial charge in [0.25, 0.3) is 0 Å². The largest absolute Gasteiger partial charge is 0.574 e. The van der Waals surface area contributed by atoms with E-state index in [4.69, 9.17) is 19.0 Å². The molecule has 0 spiro atoms. The Kier molecular flexibility index (Phi) is 39.4. The van der Waals surface area contributed by atoms with Crippen LogP contribution in [-0.2, 0) is 19.0 Å². The fraction of sp³-hybridized carbons (Fsp3) is 0.458.